The van der Waals surface area contributed by atoms with Crippen LogP contribution in [-0.4, -0.2) is 15.9 Å². The molecule has 0 amide bonds. The van der Waals surface area contributed by atoms with Gasteiger partial charge < -0.3 is 5.11 Å². The standard InChI is InChI=1S/C23H18N.C13H24O2.Ir/c1-14-7-4-12-20-17(14)13-19-22(24-20)16-10-5-8-15-9-6-11-18(21(15)16)23(19,2)3;1-5-10(6-2)12(14)9-13(15)11(7-3)8-4;/h4-9,11-13H,1-3H3;9-11,14H,5-8H2,1-4H3;/q-1;;/b;12-9-;. The van der Waals surface area contributed by atoms with Crippen molar-refractivity contribution in [1.29, 1.82) is 0 Å². The second-order valence-electron chi connectivity index (χ2n) is 11.3. The smallest absolute Gasteiger partial charge is 0.162 e. The van der Waals surface area contributed by atoms with Gasteiger partial charge in [0.25, 0.3) is 0 Å². The monoisotopic (exact) mass is 713 g/mol. The fourth-order valence-corrected chi connectivity index (χ4v) is 5.92. The molecular weight excluding hydrogens is 671 g/mol. The predicted octanol–water partition coefficient (Wildman–Crippen LogP) is 9.67. The summed E-state index contributed by atoms with van der Waals surface area (Å²) in [6.07, 6.45) is 4.91. The van der Waals surface area contributed by atoms with Gasteiger partial charge in [0.1, 0.15) is 0 Å². The zero-order valence-corrected chi connectivity index (χ0v) is 27.3. The molecule has 1 radical (unpaired) electrons. The van der Waals surface area contributed by atoms with Gasteiger partial charge in [0.05, 0.1) is 11.3 Å². The van der Waals surface area contributed by atoms with Gasteiger partial charge in [-0.05, 0) is 49.9 Å². The first-order valence-electron chi connectivity index (χ1n) is 14.5. The number of rotatable bonds is 7. The van der Waals surface area contributed by atoms with E-state index in [1.807, 2.05) is 33.8 Å². The van der Waals surface area contributed by atoms with E-state index in [2.05, 4.69) is 75.4 Å². The first-order valence-corrected chi connectivity index (χ1v) is 14.5. The summed E-state index contributed by atoms with van der Waals surface area (Å²) >= 11 is 0. The Kier molecular flexibility index (Phi) is 10.5. The number of pyridine rings is 1. The molecule has 4 aromatic rings. The molecule has 0 bridgehead atoms. The Morgan fingerprint density at radius 2 is 1.60 bits per heavy atom. The van der Waals surface area contributed by atoms with E-state index in [0.717, 1.165) is 42.5 Å². The number of allylic oxidation sites excluding steroid dienone is 2. The topological polar surface area (TPSA) is 50.2 Å². The van der Waals surface area contributed by atoms with Crippen molar-refractivity contribution in [3.63, 3.8) is 0 Å². The minimum absolute atomic E-state index is 0. The molecule has 0 unspecified atom stereocenters. The fourth-order valence-electron chi connectivity index (χ4n) is 5.92. The van der Waals surface area contributed by atoms with Crippen molar-refractivity contribution in [3.8, 4) is 11.3 Å². The van der Waals surface area contributed by atoms with Crippen LogP contribution in [0.25, 0.3) is 32.9 Å². The molecule has 1 aliphatic carbocycles. The molecule has 40 heavy (non-hydrogen) atoms. The summed E-state index contributed by atoms with van der Waals surface area (Å²) in [4.78, 5) is 16.8. The molecule has 1 aromatic heterocycles. The number of hydrogen-bond acceptors (Lipinski definition) is 3. The van der Waals surface area contributed by atoms with Crippen molar-refractivity contribution >= 4 is 27.5 Å². The number of carbonyl (C=O) groups excluding carboxylic acids is 1. The summed E-state index contributed by atoms with van der Waals surface area (Å²) in [5, 5.41) is 13.6. The van der Waals surface area contributed by atoms with E-state index < -0.39 is 0 Å². The maximum Gasteiger partial charge on any atom is 0.162 e. The molecule has 0 saturated carbocycles. The maximum atomic E-state index is 11.7. The average molecular weight is 713 g/mol. The summed E-state index contributed by atoms with van der Waals surface area (Å²) in [7, 11) is 0. The third-order valence-electron chi connectivity index (χ3n) is 8.58. The molecule has 1 aliphatic rings. The third-order valence-corrected chi connectivity index (χ3v) is 8.58. The second kappa shape index (κ2) is 13.2. The molecule has 0 aliphatic heterocycles. The van der Waals surface area contributed by atoms with E-state index in [1.165, 1.54) is 38.9 Å². The molecule has 213 valence electrons. The maximum absolute atomic E-state index is 11.7. The molecule has 0 atom stereocenters. The molecule has 0 spiro atoms. The van der Waals surface area contributed by atoms with Crippen LogP contribution < -0.4 is 0 Å². The van der Waals surface area contributed by atoms with E-state index in [9.17, 15) is 9.90 Å². The molecule has 3 aromatic carbocycles. The fraction of sp³-hybridized carbons (Fsp3) is 0.389. The Balaban J connectivity index is 0.000000243. The van der Waals surface area contributed by atoms with E-state index in [-0.39, 0.29) is 48.9 Å². The van der Waals surface area contributed by atoms with Crippen LogP contribution in [-0.2, 0) is 30.3 Å². The minimum Gasteiger partial charge on any atom is -0.512 e. The number of aliphatic hydroxyl groups is 1. The number of benzene rings is 3. The summed E-state index contributed by atoms with van der Waals surface area (Å²) in [5.41, 5.74) is 7.17. The van der Waals surface area contributed by atoms with Crippen LogP contribution in [0.1, 0.15) is 83.9 Å². The number of ketones is 1. The molecular formula is C36H42IrNO2-. The summed E-state index contributed by atoms with van der Waals surface area (Å²) in [6.45, 7) is 14.8. The number of nitrogens with zero attached hydrogens (tertiary/aromatic N) is 1. The van der Waals surface area contributed by atoms with Crippen molar-refractivity contribution < 1.29 is 30.0 Å². The van der Waals surface area contributed by atoms with Gasteiger partial charge in [-0.25, -0.2) is 0 Å². The van der Waals surface area contributed by atoms with Crippen molar-refractivity contribution in [2.24, 2.45) is 11.8 Å². The number of aliphatic hydroxyl groups excluding tert-OH is 1. The zero-order chi connectivity index (χ0) is 28.3. The first-order chi connectivity index (χ1) is 18.7. The first kappa shape index (κ1) is 31.7. The van der Waals surface area contributed by atoms with Gasteiger partial charge in [-0.1, -0.05) is 94.5 Å². The van der Waals surface area contributed by atoms with Crippen LogP contribution >= 0.6 is 0 Å². The number of fused-ring (bicyclic) bond motifs is 3. The molecule has 0 saturated heterocycles. The summed E-state index contributed by atoms with van der Waals surface area (Å²) in [6, 6.07) is 22.9. The van der Waals surface area contributed by atoms with Crippen LogP contribution in [0.2, 0.25) is 0 Å². The second-order valence-corrected chi connectivity index (χ2v) is 11.3. The van der Waals surface area contributed by atoms with Crippen LogP contribution in [0.15, 0.2) is 66.4 Å². The normalized spacial score (nSPS) is 13.6. The summed E-state index contributed by atoms with van der Waals surface area (Å²) < 4.78 is 0. The van der Waals surface area contributed by atoms with Crippen LogP contribution in [0, 0.1) is 24.8 Å². The summed E-state index contributed by atoms with van der Waals surface area (Å²) in [5.74, 6) is 0.547. The average Bonchev–Trinajstić information content (AvgIpc) is 2.93. The van der Waals surface area contributed by atoms with Crippen LogP contribution in [0.3, 0.4) is 0 Å². The van der Waals surface area contributed by atoms with Gasteiger partial charge in [0, 0.05) is 48.8 Å². The van der Waals surface area contributed by atoms with Crippen molar-refractivity contribution in [3.05, 3.63) is 89.2 Å². The van der Waals surface area contributed by atoms with Crippen LogP contribution in [0.5, 0.6) is 0 Å². The van der Waals surface area contributed by atoms with Crippen molar-refractivity contribution in [2.75, 3.05) is 0 Å². The Morgan fingerprint density at radius 3 is 2.25 bits per heavy atom. The Bertz CT molecular complexity index is 1520. The van der Waals surface area contributed by atoms with Gasteiger partial charge in [0.2, 0.25) is 0 Å². The zero-order valence-electron chi connectivity index (χ0n) is 24.9. The van der Waals surface area contributed by atoms with E-state index in [4.69, 9.17) is 4.98 Å². The molecule has 5 rings (SSSR count). The van der Waals surface area contributed by atoms with E-state index in [1.54, 1.807) is 0 Å². The van der Waals surface area contributed by atoms with Crippen molar-refractivity contribution in [2.45, 2.75) is 79.6 Å². The van der Waals surface area contributed by atoms with Gasteiger partial charge in [-0.3, -0.25) is 9.78 Å². The quantitative estimate of drug-likeness (QED) is 0.118. The Morgan fingerprint density at radius 1 is 0.950 bits per heavy atom. The molecule has 1 N–H and O–H groups in total. The molecule has 4 heteroatoms. The molecule has 0 fully saturated rings. The largest absolute Gasteiger partial charge is 0.512 e. The number of aryl methyl sites for hydroxylation is 1. The van der Waals surface area contributed by atoms with Gasteiger partial charge in [-0.15, -0.1) is 29.1 Å². The van der Waals surface area contributed by atoms with E-state index in [0.29, 0.717) is 0 Å². The van der Waals surface area contributed by atoms with Gasteiger partial charge in [-0.2, -0.15) is 0 Å². The molecule has 3 nitrogen and oxygen atoms in total. The predicted molar refractivity (Wildman–Crippen MR) is 164 cm³/mol. The number of aromatic nitrogens is 1. The third kappa shape index (κ3) is 5.94. The van der Waals surface area contributed by atoms with Gasteiger partial charge in [0.15, 0.2) is 5.78 Å². The minimum atomic E-state index is -0.0689. The van der Waals surface area contributed by atoms with E-state index >= 15 is 0 Å². The molecule has 1 heterocycles. The Labute approximate surface area is 253 Å². The van der Waals surface area contributed by atoms with Crippen LogP contribution in [0.4, 0.5) is 0 Å². The number of hydrogen-bond donors (Lipinski definition) is 1. The SMILES string of the molecule is CCC(CC)C(=O)/C=C(\O)C(CC)CC.Cc1cccc2nc3c(cc12)C(C)(C)c1cccc2cc[c-]c-3c12.[Ir]. The van der Waals surface area contributed by atoms with Gasteiger partial charge >= 0.3 is 0 Å². The Hall–Kier alpha value is -2.81. The van der Waals surface area contributed by atoms with Crippen molar-refractivity contribution in [1.82, 2.24) is 4.98 Å². The number of carbonyl (C=O) groups is 1.